The molecule has 1 saturated carbocycles. The van der Waals surface area contributed by atoms with Gasteiger partial charge in [-0.05, 0) is 64.3 Å². The van der Waals surface area contributed by atoms with Crippen LogP contribution in [0, 0.1) is 5.92 Å². The third kappa shape index (κ3) is 2.98. The van der Waals surface area contributed by atoms with Gasteiger partial charge in [-0.2, -0.15) is 0 Å². The summed E-state index contributed by atoms with van der Waals surface area (Å²) < 4.78 is 5.97. The lowest BCUT2D eigenvalue weighted by atomic mass is 9.71. The van der Waals surface area contributed by atoms with Crippen molar-refractivity contribution >= 4 is 0 Å². The fourth-order valence-electron chi connectivity index (χ4n) is 3.23. The van der Waals surface area contributed by atoms with E-state index >= 15 is 0 Å². The van der Waals surface area contributed by atoms with Crippen LogP contribution in [0.5, 0.6) is 0 Å². The summed E-state index contributed by atoms with van der Waals surface area (Å²) in [6, 6.07) is 0.685. The molecule has 1 heterocycles. The maximum Gasteiger partial charge on any atom is 0.0685 e. The molecule has 16 heavy (non-hydrogen) atoms. The molecule has 2 atom stereocenters. The fourth-order valence-corrected chi connectivity index (χ4v) is 3.23. The predicted octanol–water partition coefficient (Wildman–Crippen LogP) is 3.11. The first-order chi connectivity index (χ1) is 7.74. The summed E-state index contributed by atoms with van der Waals surface area (Å²) in [5.41, 5.74) is 0.338. The molecular formula is C14H27NO. The Labute approximate surface area is 100 Å². The Morgan fingerprint density at radius 1 is 1.44 bits per heavy atom. The van der Waals surface area contributed by atoms with Gasteiger partial charge in [-0.15, -0.1) is 0 Å². The molecule has 1 aliphatic heterocycles. The molecule has 2 aliphatic rings. The van der Waals surface area contributed by atoms with E-state index in [9.17, 15) is 0 Å². The van der Waals surface area contributed by atoms with E-state index in [1.54, 1.807) is 0 Å². The molecule has 2 rings (SSSR count). The maximum absolute atomic E-state index is 5.97. The smallest absolute Gasteiger partial charge is 0.0685 e. The highest BCUT2D eigenvalue weighted by molar-refractivity contribution is 4.94. The van der Waals surface area contributed by atoms with E-state index in [1.807, 2.05) is 0 Å². The second-order valence-electron chi connectivity index (χ2n) is 5.78. The topological polar surface area (TPSA) is 21.3 Å². The first-order valence-corrected chi connectivity index (χ1v) is 7.11. The molecule has 1 aliphatic carbocycles. The predicted molar refractivity (Wildman–Crippen MR) is 67.6 cm³/mol. The Balaban J connectivity index is 1.69. The van der Waals surface area contributed by atoms with Gasteiger partial charge < -0.3 is 10.1 Å². The van der Waals surface area contributed by atoms with E-state index < -0.39 is 0 Å². The van der Waals surface area contributed by atoms with Crippen molar-refractivity contribution in [3.8, 4) is 0 Å². The van der Waals surface area contributed by atoms with E-state index in [0.29, 0.717) is 11.6 Å². The molecule has 1 saturated heterocycles. The molecule has 2 nitrogen and oxygen atoms in total. The summed E-state index contributed by atoms with van der Waals surface area (Å²) in [6.45, 7) is 6.61. The van der Waals surface area contributed by atoms with Crippen LogP contribution in [0.25, 0.3) is 0 Å². The Kier molecular flexibility index (Phi) is 4.26. The Bertz CT molecular complexity index is 213. The lowest BCUT2D eigenvalue weighted by molar-refractivity contribution is -0.144. The van der Waals surface area contributed by atoms with E-state index in [-0.39, 0.29) is 0 Å². The zero-order valence-electron chi connectivity index (χ0n) is 10.9. The molecule has 0 aromatic rings. The van der Waals surface area contributed by atoms with E-state index in [4.69, 9.17) is 4.74 Å². The van der Waals surface area contributed by atoms with Crippen LogP contribution in [0.2, 0.25) is 0 Å². The normalized spacial score (nSPS) is 30.0. The van der Waals surface area contributed by atoms with Crippen LogP contribution in [0.1, 0.15) is 58.8 Å². The average Bonchev–Trinajstić information content (AvgIpc) is 2.25. The molecule has 2 heteroatoms. The lowest BCUT2D eigenvalue weighted by Gasteiger charge is -2.47. The van der Waals surface area contributed by atoms with Gasteiger partial charge in [-0.25, -0.2) is 0 Å². The number of rotatable bonds is 5. The van der Waals surface area contributed by atoms with Gasteiger partial charge in [0, 0.05) is 12.6 Å². The van der Waals surface area contributed by atoms with Crippen molar-refractivity contribution in [1.82, 2.24) is 5.32 Å². The number of ether oxygens (including phenoxy) is 1. The number of hydrogen-bond acceptors (Lipinski definition) is 2. The van der Waals surface area contributed by atoms with Gasteiger partial charge in [0.05, 0.1) is 5.60 Å². The Morgan fingerprint density at radius 2 is 2.25 bits per heavy atom. The molecule has 1 spiro atoms. The second kappa shape index (κ2) is 5.50. The quantitative estimate of drug-likeness (QED) is 0.776. The third-order valence-corrected chi connectivity index (χ3v) is 4.42. The molecule has 2 fully saturated rings. The number of hydrogen-bond donors (Lipinski definition) is 1. The summed E-state index contributed by atoms with van der Waals surface area (Å²) >= 11 is 0. The standard InChI is InChI=1S/C14H27NO/c1-3-15-12(2)5-6-13-7-10-16-14(11-13)8-4-9-14/h12-13,15H,3-11H2,1-2H3. The van der Waals surface area contributed by atoms with Gasteiger partial charge in [-0.1, -0.05) is 6.92 Å². The Hall–Kier alpha value is -0.0800. The van der Waals surface area contributed by atoms with Gasteiger partial charge in [-0.3, -0.25) is 0 Å². The van der Waals surface area contributed by atoms with Crippen LogP contribution in [0.3, 0.4) is 0 Å². The second-order valence-corrected chi connectivity index (χ2v) is 5.78. The summed E-state index contributed by atoms with van der Waals surface area (Å²) in [6.07, 6.45) is 9.39. The van der Waals surface area contributed by atoms with Crippen molar-refractivity contribution in [3.05, 3.63) is 0 Å². The maximum atomic E-state index is 5.97. The first kappa shape index (κ1) is 12.4. The van der Waals surface area contributed by atoms with Gasteiger partial charge in [0.1, 0.15) is 0 Å². The highest BCUT2D eigenvalue weighted by atomic mass is 16.5. The summed E-state index contributed by atoms with van der Waals surface area (Å²) in [7, 11) is 0. The summed E-state index contributed by atoms with van der Waals surface area (Å²) in [5.74, 6) is 0.926. The zero-order valence-corrected chi connectivity index (χ0v) is 10.9. The molecule has 0 amide bonds. The first-order valence-electron chi connectivity index (χ1n) is 7.11. The fraction of sp³-hybridized carbons (Fsp3) is 1.00. The van der Waals surface area contributed by atoms with Crippen molar-refractivity contribution < 1.29 is 4.74 Å². The van der Waals surface area contributed by atoms with Gasteiger partial charge in [0.25, 0.3) is 0 Å². The molecule has 0 aromatic carbocycles. The van der Waals surface area contributed by atoms with E-state index in [0.717, 1.165) is 19.1 Å². The highest BCUT2D eigenvalue weighted by Gasteiger charge is 2.42. The highest BCUT2D eigenvalue weighted by Crippen LogP contribution is 2.45. The minimum absolute atomic E-state index is 0.338. The molecule has 0 radical (unpaired) electrons. The summed E-state index contributed by atoms with van der Waals surface area (Å²) in [4.78, 5) is 0. The van der Waals surface area contributed by atoms with Gasteiger partial charge >= 0.3 is 0 Å². The van der Waals surface area contributed by atoms with Crippen LogP contribution in [0.15, 0.2) is 0 Å². The van der Waals surface area contributed by atoms with Crippen LogP contribution in [0.4, 0.5) is 0 Å². The van der Waals surface area contributed by atoms with Crippen LogP contribution in [-0.4, -0.2) is 24.8 Å². The van der Waals surface area contributed by atoms with Crippen molar-refractivity contribution in [3.63, 3.8) is 0 Å². The van der Waals surface area contributed by atoms with Crippen LogP contribution < -0.4 is 5.32 Å². The molecule has 0 aromatic heterocycles. The molecular weight excluding hydrogens is 198 g/mol. The summed E-state index contributed by atoms with van der Waals surface area (Å²) in [5, 5.41) is 3.50. The average molecular weight is 225 g/mol. The van der Waals surface area contributed by atoms with Crippen molar-refractivity contribution in [1.29, 1.82) is 0 Å². The Morgan fingerprint density at radius 3 is 2.88 bits per heavy atom. The molecule has 0 bridgehead atoms. The third-order valence-electron chi connectivity index (χ3n) is 4.42. The number of nitrogens with one attached hydrogen (secondary N) is 1. The van der Waals surface area contributed by atoms with Crippen molar-refractivity contribution in [2.75, 3.05) is 13.2 Å². The molecule has 1 N–H and O–H groups in total. The van der Waals surface area contributed by atoms with Crippen LogP contribution in [-0.2, 0) is 4.74 Å². The molecule has 2 unspecified atom stereocenters. The van der Waals surface area contributed by atoms with Crippen LogP contribution >= 0.6 is 0 Å². The van der Waals surface area contributed by atoms with E-state index in [2.05, 4.69) is 19.2 Å². The SMILES string of the molecule is CCNC(C)CCC1CCOC2(CCC2)C1. The van der Waals surface area contributed by atoms with Crippen molar-refractivity contribution in [2.45, 2.75) is 70.4 Å². The lowest BCUT2D eigenvalue weighted by Crippen LogP contribution is -2.45. The zero-order chi connectivity index (χ0) is 11.4. The van der Waals surface area contributed by atoms with Gasteiger partial charge in [0.2, 0.25) is 0 Å². The minimum Gasteiger partial charge on any atom is -0.375 e. The van der Waals surface area contributed by atoms with Crippen molar-refractivity contribution in [2.24, 2.45) is 5.92 Å². The van der Waals surface area contributed by atoms with E-state index in [1.165, 1.54) is 44.9 Å². The largest absolute Gasteiger partial charge is 0.375 e. The minimum atomic E-state index is 0.338. The molecule has 94 valence electrons. The van der Waals surface area contributed by atoms with Gasteiger partial charge in [0.15, 0.2) is 0 Å². The monoisotopic (exact) mass is 225 g/mol.